The molecule has 1 aliphatic rings. The highest BCUT2D eigenvalue weighted by molar-refractivity contribution is 5.98. The number of anilines is 3. The van der Waals surface area contributed by atoms with Gasteiger partial charge in [-0.2, -0.15) is 10.2 Å². The molecule has 172 valence electrons. The first-order valence-corrected chi connectivity index (χ1v) is 10.6. The van der Waals surface area contributed by atoms with Gasteiger partial charge in [0.1, 0.15) is 11.5 Å². The van der Waals surface area contributed by atoms with Crippen molar-refractivity contribution >= 4 is 28.9 Å². The van der Waals surface area contributed by atoms with Gasteiger partial charge < -0.3 is 27.0 Å². The predicted octanol–water partition coefficient (Wildman–Crippen LogP) is 2.47. The van der Waals surface area contributed by atoms with E-state index in [0.717, 1.165) is 31.7 Å². The zero-order valence-electron chi connectivity index (χ0n) is 18.4. The lowest BCUT2D eigenvalue weighted by molar-refractivity contribution is 0.100. The Bertz CT molecular complexity index is 968. The van der Waals surface area contributed by atoms with Gasteiger partial charge in [0.05, 0.1) is 30.2 Å². The normalized spacial score (nSPS) is 18.6. The third kappa shape index (κ3) is 5.54. The molecule has 2 aromatic rings. The molecule has 3 rings (SSSR count). The summed E-state index contributed by atoms with van der Waals surface area (Å²) in [6.07, 6.45) is 7.21. The van der Waals surface area contributed by atoms with Crippen molar-refractivity contribution < 1.29 is 9.18 Å². The Kier molecular flexibility index (Phi) is 8.01. The quantitative estimate of drug-likeness (QED) is 0.435. The van der Waals surface area contributed by atoms with E-state index in [9.17, 15) is 9.18 Å². The summed E-state index contributed by atoms with van der Waals surface area (Å²) in [5, 5.41) is 14.3. The minimum Gasteiger partial charge on any atom is -0.365 e. The van der Waals surface area contributed by atoms with E-state index in [1.807, 2.05) is 19.0 Å². The van der Waals surface area contributed by atoms with Crippen molar-refractivity contribution in [2.24, 2.45) is 21.7 Å². The fraction of sp³-hybridized carbons (Fsp3) is 0.476. The van der Waals surface area contributed by atoms with Gasteiger partial charge in [-0.3, -0.25) is 9.78 Å². The van der Waals surface area contributed by atoms with E-state index >= 15 is 0 Å². The lowest BCUT2D eigenvalue weighted by Crippen LogP contribution is -2.50. The first-order valence-electron chi connectivity index (χ1n) is 10.6. The summed E-state index contributed by atoms with van der Waals surface area (Å²) < 4.78 is 15.0. The molecule has 32 heavy (non-hydrogen) atoms. The van der Waals surface area contributed by atoms with E-state index in [-0.39, 0.29) is 29.3 Å². The highest BCUT2D eigenvalue weighted by atomic mass is 19.1. The molecule has 6 N–H and O–H groups in total. The number of azo groups is 1. The summed E-state index contributed by atoms with van der Waals surface area (Å²) >= 11 is 0. The number of nitrogens with zero attached hydrogens (tertiary/aromatic N) is 5. The lowest BCUT2D eigenvalue weighted by atomic mass is 9.89. The molecule has 1 saturated carbocycles. The molecule has 0 radical (unpaired) electrons. The number of hydrogen-bond donors (Lipinski definition) is 4. The Hall–Kier alpha value is -3.18. The van der Waals surface area contributed by atoms with Crippen LogP contribution in [-0.4, -0.2) is 55.1 Å². The van der Waals surface area contributed by atoms with Gasteiger partial charge in [0.2, 0.25) is 0 Å². The van der Waals surface area contributed by atoms with Gasteiger partial charge in [-0.05, 0) is 32.0 Å². The molecule has 0 aliphatic heterocycles. The molecular formula is C21H30FN9O. The number of nitrogens with one attached hydrogen (secondary N) is 2. The molecule has 2 aromatic heterocycles. The zero-order chi connectivity index (χ0) is 23.1. The van der Waals surface area contributed by atoms with Gasteiger partial charge in [0.25, 0.3) is 5.91 Å². The van der Waals surface area contributed by atoms with E-state index in [4.69, 9.17) is 11.5 Å². The van der Waals surface area contributed by atoms with Crippen molar-refractivity contribution in [1.82, 2.24) is 15.3 Å². The number of primary amides is 1. The Morgan fingerprint density at radius 2 is 2.09 bits per heavy atom. The zero-order valence-corrected chi connectivity index (χ0v) is 18.4. The Morgan fingerprint density at radius 3 is 2.81 bits per heavy atom. The SMILES string of the molecule is CNC1CCCCC1N(C)c1nc(Nc2cncc(N=NCCN)c2)c(C(N)=O)cc1F. The summed E-state index contributed by atoms with van der Waals surface area (Å²) in [4.78, 5) is 22.4. The van der Waals surface area contributed by atoms with E-state index in [2.05, 4.69) is 30.8 Å². The Labute approximate surface area is 186 Å². The van der Waals surface area contributed by atoms with Crippen LogP contribution in [0.3, 0.4) is 0 Å². The van der Waals surface area contributed by atoms with Crippen LogP contribution in [0.1, 0.15) is 36.0 Å². The van der Waals surface area contributed by atoms with Gasteiger partial charge in [-0.1, -0.05) is 12.8 Å². The topological polar surface area (TPSA) is 147 Å². The molecule has 0 spiro atoms. The number of carbonyl (C=O) groups excluding carboxylic acids is 1. The van der Waals surface area contributed by atoms with Crippen molar-refractivity contribution in [3.63, 3.8) is 0 Å². The molecule has 1 amide bonds. The average molecular weight is 444 g/mol. The smallest absolute Gasteiger partial charge is 0.252 e. The molecular weight excluding hydrogens is 413 g/mol. The van der Waals surface area contributed by atoms with Crippen LogP contribution >= 0.6 is 0 Å². The number of carbonyl (C=O) groups is 1. The number of aromatic nitrogens is 2. The van der Waals surface area contributed by atoms with Crippen LogP contribution in [0, 0.1) is 5.82 Å². The molecule has 0 saturated heterocycles. The van der Waals surface area contributed by atoms with Gasteiger partial charge in [0, 0.05) is 25.7 Å². The maximum atomic E-state index is 15.0. The highest BCUT2D eigenvalue weighted by Crippen LogP contribution is 2.30. The van der Waals surface area contributed by atoms with Gasteiger partial charge >= 0.3 is 0 Å². The van der Waals surface area contributed by atoms with Crippen molar-refractivity contribution in [3.05, 3.63) is 35.9 Å². The van der Waals surface area contributed by atoms with E-state index in [1.54, 1.807) is 18.5 Å². The summed E-state index contributed by atoms with van der Waals surface area (Å²) in [6.45, 7) is 0.787. The van der Waals surface area contributed by atoms with Crippen molar-refractivity contribution in [2.75, 3.05) is 37.4 Å². The Morgan fingerprint density at radius 1 is 1.31 bits per heavy atom. The summed E-state index contributed by atoms with van der Waals surface area (Å²) in [5.74, 6) is -1.09. The predicted molar refractivity (Wildman–Crippen MR) is 122 cm³/mol. The summed E-state index contributed by atoms with van der Waals surface area (Å²) in [6, 6.07) is 3.11. The molecule has 2 heterocycles. The molecule has 10 nitrogen and oxygen atoms in total. The minimum atomic E-state index is -0.786. The maximum absolute atomic E-state index is 15.0. The van der Waals surface area contributed by atoms with Crippen LogP contribution in [0.5, 0.6) is 0 Å². The number of likely N-dealkylation sites (N-methyl/N-ethyl adjacent to an activating group) is 2. The molecule has 0 aromatic carbocycles. The van der Waals surface area contributed by atoms with Crippen molar-refractivity contribution in [1.29, 1.82) is 0 Å². The number of rotatable bonds is 9. The average Bonchev–Trinajstić information content (AvgIpc) is 2.80. The van der Waals surface area contributed by atoms with Gasteiger partial charge in [0.15, 0.2) is 11.6 Å². The fourth-order valence-corrected chi connectivity index (χ4v) is 3.96. The van der Waals surface area contributed by atoms with Crippen LogP contribution in [0.4, 0.5) is 27.4 Å². The number of hydrogen-bond acceptors (Lipinski definition) is 9. The minimum absolute atomic E-state index is 0.0522. The monoisotopic (exact) mass is 443 g/mol. The number of nitrogens with two attached hydrogens (primary N) is 2. The molecule has 11 heteroatoms. The fourth-order valence-electron chi connectivity index (χ4n) is 3.96. The van der Waals surface area contributed by atoms with E-state index in [1.165, 1.54) is 0 Å². The third-order valence-electron chi connectivity index (χ3n) is 5.56. The Balaban J connectivity index is 1.93. The van der Waals surface area contributed by atoms with Crippen LogP contribution in [0.15, 0.2) is 34.8 Å². The summed E-state index contributed by atoms with van der Waals surface area (Å²) in [7, 11) is 3.73. The number of halogens is 1. The maximum Gasteiger partial charge on any atom is 0.252 e. The van der Waals surface area contributed by atoms with Crippen LogP contribution in [-0.2, 0) is 0 Å². The van der Waals surface area contributed by atoms with Gasteiger partial charge in [-0.15, -0.1) is 0 Å². The molecule has 0 bridgehead atoms. The van der Waals surface area contributed by atoms with E-state index < -0.39 is 11.7 Å². The standard InChI is InChI=1S/C21H30FN9O/c1-25-17-5-3-4-6-18(17)31(2)21-16(22)10-15(19(24)32)20(29-21)28-13-9-14(12-26-11-13)30-27-8-7-23/h9-12,17-18,25H,3-8,23H2,1-2H3,(H2,24,32)(H,28,29). The first-order chi connectivity index (χ1) is 15.4. The second kappa shape index (κ2) is 10.9. The van der Waals surface area contributed by atoms with Gasteiger partial charge in [-0.25, -0.2) is 9.37 Å². The molecule has 1 aliphatic carbocycles. The summed E-state index contributed by atoms with van der Waals surface area (Å²) in [5.41, 5.74) is 11.9. The second-order valence-corrected chi connectivity index (χ2v) is 7.72. The highest BCUT2D eigenvalue weighted by Gasteiger charge is 2.30. The van der Waals surface area contributed by atoms with E-state index in [0.29, 0.717) is 24.5 Å². The molecule has 1 fully saturated rings. The number of pyridine rings is 2. The molecule has 2 atom stereocenters. The lowest BCUT2D eigenvalue weighted by Gasteiger charge is -2.38. The second-order valence-electron chi connectivity index (χ2n) is 7.72. The van der Waals surface area contributed by atoms with Crippen LogP contribution in [0.2, 0.25) is 0 Å². The molecule has 2 unspecified atom stereocenters. The van der Waals surface area contributed by atoms with Crippen molar-refractivity contribution in [3.8, 4) is 0 Å². The van der Waals surface area contributed by atoms with Crippen LogP contribution < -0.4 is 27.0 Å². The largest absolute Gasteiger partial charge is 0.365 e. The van der Waals surface area contributed by atoms with Crippen molar-refractivity contribution in [2.45, 2.75) is 37.8 Å². The third-order valence-corrected chi connectivity index (χ3v) is 5.56. The number of amides is 1. The van der Waals surface area contributed by atoms with Crippen LogP contribution in [0.25, 0.3) is 0 Å². The first kappa shape index (κ1) is 23.5.